The molecule has 1 aromatic rings. The van der Waals surface area contributed by atoms with E-state index in [1.165, 1.54) is 16.4 Å². The molecule has 9 heteroatoms. The first-order valence-electron chi connectivity index (χ1n) is 8.76. The van der Waals surface area contributed by atoms with Crippen molar-refractivity contribution < 1.29 is 22.7 Å². The molecule has 140 valence electrons. The minimum atomic E-state index is -3.78. The summed E-state index contributed by atoms with van der Waals surface area (Å²) in [6.07, 6.45) is 2.65. The van der Waals surface area contributed by atoms with Gasteiger partial charge in [-0.15, -0.1) is 0 Å². The minimum Gasteiger partial charge on any atom is -0.440 e. The van der Waals surface area contributed by atoms with Crippen molar-refractivity contribution in [1.29, 1.82) is 0 Å². The lowest BCUT2D eigenvalue weighted by Crippen LogP contribution is -2.52. The molecular weight excluding hydrogens is 358 g/mol. The fourth-order valence-corrected chi connectivity index (χ4v) is 5.03. The maximum Gasteiger partial charge on any atom is 0.407 e. The summed E-state index contributed by atoms with van der Waals surface area (Å²) in [6, 6.07) is 6.29. The molecule has 2 saturated heterocycles. The summed E-state index contributed by atoms with van der Waals surface area (Å²) in [7, 11) is -3.78. The molecule has 2 aliphatic heterocycles. The highest BCUT2D eigenvalue weighted by Gasteiger charge is 2.46. The van der Waals surface area contributed by atoms with Crippen molar-refractivity contribution in [3.8, 4) is 0 Å². The third-order valence-electron chi connectivity index (χ3n) is 5.02. The van der Waals surface area contributed by atoms with E-state index < -0.39 is 21.7 Å². The van der Waals surface area contributed by atoms with E-state index >= 15 is 0 Å². The molecule has 1 atom stereocenters. The molecular formula is C17H21N3O5S. The van der Waals surface area contributed by atoms with Crippen LogP contribution in [-0.4, -0.2) is 56.0 Å². The van der Waals surface area contributed by atoms with Gasteiger partial charge in [-0.2, -0.15) is 4.31 Å². The van der Waals surface area contributed by atoms with Crippen molar-refractivity contribution in [3.63, 3.8) is 0 Å². The van der Waals surface area contributed by atoms with Crippen LogP contribution in [-0.2, 0) is 14.8 Å². The number of alkyl carbamates (subject to hydrolysis) is 1. The Kier molecular flexibility index (Phi) is 4.15. The number of carbonyl (C=O) groups excluding carboxylic acids is 2. The van der Waals surface area contributed by atoms with Gasteiger partial charge in [0.15, 0.2) is 0 Å². The SMILES string of the molecule is O=C1NC[C@@]2(CCCN(S(=O)(=O)c3cccc(C(=O)NC4CC4)c3)C2)O1. The molecule has 4 rings (SSSR count). The van der Waals surface area contributed by atoms with Crippen molar-refractivity contribution in [2.45, 2.75) is 42.2 Å². The number of sulfonamides is 1. The molecule has 0 aromatic heterocycles. The van der Waals surface area contributed by atoms with E-state index in [-0.39, 0.29) is 23.4 Å². The van der Waals surface area contributed by atoms with E-state index in [0.29, 0.717) is 31.5 Å². The number of hydrogen-bond acceptors (Lipinski definition) is 5. The molecule has 26 heavy (non-hydrogen) atoms. The zero-order chi connectivity index (χ0) is 18.4. The number of benzene rings is 1. The van der Waals surface area contributed by atoms with E-state index in [0.717, 1.165) is 12.8 Å². The lowest BCUT2D eigenvalue weighted by Gasteiger charge is -2.37. The highest BCUT2D eigenvalue weighted by Crippen LogP contribution is 2.31. The highest BCUT2D eigenvalue weighted by atomic mass is 32.2. The minimum absolute atomic E-state index is 0.0790. The van der Waals surface area contributed by atoms with Crippen LogP contribution >= 0.6 is 0 Å². The second kappa shape index (κ2) is 6.24. The Morgan fingerprint density at radius 3 is 2.85 bits per heavy atom. The Labute approximate surface area is 151 Å². The third kappa shape index (κ3) is 3.28. The summed E-state index contributed by atoms with van der Waals surface area (Å²) in [5.74, 6) is -0.256. The van der Waals surface area contributed by atoms with Crippen LogP contribution in [0, 0.1) is 0 Å². The van der Waals surface area contributed by atoms with Crippen molar-refractivity contribution in [2.75, 3.05) is 19.6 Å². The van der Waals surface area contributed by atoms with Crippen LogP contribution in [0.3, 0.4) is 0 Å². The first-order valence-corrected chi connectivity index (χ1v) is 10.2. The van der Waals surface area contributed by atoms with Crippen LogP contribution in [0.2, 0.25) is 0 Å². The van der Waals surface area contributed by atoms with Gasteiger partial charge in [0.2, 0.25) is 10.0 Å². The molecule has 0 unspecified atom stereocenters. The monoisotopic (exact) mass is 379 g/mol. The second-order valence-corrected chi connectivity index (χ2v) is 9.08. The van der Waals surface area contributed by atoms with Crippen LogP contribution in [0.5, 0.6) is 0 Å². The van der Waals surface area contributed by atoms with Crippen LogP contribution < -0.4 is 10.6 Å². The van der Waals surface area contributed by atoms with E-state index in [1.807, 2.05) is 0 Å². The fourth-order valence-electron chi connectivity index (χ4n) is 3.44. The predicted octanol–water partition coefficient (Wildman–Crippen LogP) is 0.842. The van der Waals surface area contributed by atoms with Gasteiger partial charge in [0.05, 0.1) is 18.0 Å². The Morgan fingerprint density at radius 2 is 2.15 bits per heavy atom. The molecule has 1 spiro atoms. The van der Waals surface area contributed by atoms with E-state index in [9.17, 15) is 18.0 Å². The number of amides is 2. The molecule has 3 fully saturated rings. The molecule has 3 aliphatic rings. The van der Waals surface area contributed by atoms with Crippen molar-refractivity contribution >= 4 is 22.0 Å². The normalized spacial score (nSPS) is 26.4. The lowest BCUT2D eigenvalue weighted by atomic mass is 9.95. The number of hydrogen-bond donors (Lipinski definition) is 2. The molecule has 1 aliphatic carbocycles. The van der Waals surface area contributed by atoms with Crippen LogP contribution in [0.15, 0.2) is 29.2 Å². The number of ether oxygens (including phenoxy) is 1. The molecule has 0 radical (unpaired) electrons. The van der Waals surface area contributed by atoms with Crippen LogP contribution in [0.4, 0.5) is 4.79 Å². The molecule has 8 nitrogen and oxygen atoms in total. The van der Waals surface area contributed by atoms with Gasteiger partial charge in [0.25, 0.3) is 5.91 Å². The molecule has 0 bridgehead atoms. The standard InChI is InChI=1S/C17H21N3O5S/c21-15(19-13-5-6-13)12-3-1-4-14(9-12)26(23,24)20-8-2-7-17(11-20)10-18-16(22)25-17/h1,3-4,9,13H,2,5-8,10-11H2,(H,18,22)(H,19,21)/t17-/m1/s1. The van der Waals surface area contributed by atoms with Gasteiger partial charge in [0, 0.05) is 18.2 Å². The number of nitrogens with zero attached hydrogens (tertiary/aromatic N) is 1. The average Bonchev–Trinajstić information content (AvgIpc) is 3.37. The molecule has 1 aromatic carbocycles. The van der Waals surface area contributed by atoms with Gasteiger partial charge in [-0.1, -0.05) is 6.07 Å². The zero-order valence-corrected chi connectivity index (χ0v) is 15.0. The summed E-state index contributed by atoms with van der Waals surface area (Å²) in [4.78, 5) is 23.7. The van der Waals surface area contributed by atoms with Gasteiger partial charge in [-0.3, -0.25) is 4.79 Å². The van der Waals surface area contributed by atoms with E-state index in [4.69, 9.17) is 4.74 Å². The number of carbonyl (C=O) groups is 2. The molecule has 2 N–H and O–H groups in total. The highest BCUT2D eigenvalue weighted by molar-refractivity contribution is 7.89. The van der Waals surface area contributed by atoms with E-state index in [2.05, 4.69) is 10.6 Å². The quantitative estimate of drug-likeness (QED) is 0.807. The number of rotatable bonds is 4. The Morgan fingerprint density at radius 1 is 1.35 bits per heavy atom. The summed E-state index contributed by atoms with van der Waals surface area (Å²) in [5, 5.41) is 5.46. The smallest absolute Gasteiger partial charge is 0.407 e. The average molecular weight is 379 g/mol. The first kappa shape index (κ1) is 17.3. The summed E-state index contributed by atoms with van der Waals surface area (Å²) in [5.41, 5.74) is -0.470. The maximum atomic E-state index is 13.1. The second-order valence-electron chi connectivity index (χ2n) is 7.14. The Hall–Kier alpha value is -2.13. The first-order chi connectivity index (χ1) is 12.4. The lowest BCUT2D eigenvalue weighted by molar-refractivity contribution is 0.0143. The van der Waals surface area contributed by atoms with Gasteiger partial charge in [0.1, 0.15) is 5.60 Å². The van der Waals surface area contributed by atoms with Crippen LogP contribution in [0.25, 0.3) is 0 Å². The molecule has 1 saturated carbocycles. The zero-order valence-electron chi connectivity index (χ0n) is 14.2. The van der Waals surface area contributed by atoms with Gasteiger partial charge < -0.3 is 15.4 Å². The maximum absolute atomic E-state index is 13.1. The van der Waals surface area contributed by atoms with Crippen molar-refractivity contribution in [1.82, 2.24) is 14.9 Å². The van der Waals surface area contributed by atoms with Crippen molar-refractivity contribution in [3.05, 3.63) is 29.8 Å². The molecule has 2 amide bonds. The predicted molar refractivity (Wildman–Crippen MR) is 92.1 cm³/mol. The number of piperidine rings is 1. The largest absolute Gasteiger partial charge is 0.440 e. The Balaban J connectivity index is 1.56. The molecule has 2 heterocycles. The topological polar surface area (TPSA) is 105 Å². The van der Waals surface area contributed by atoms with Gasteiger partial charge >= 0.3 is 6.09 Å². The Bertz CT molecular complexity index is 852. The van der Waals surface area contributed by atoms with Crippen molar-refractivity contribution in [2.24, 2.45) is 0 Å². The third-order valence-corrected chi connectivity index (χ3v) is 6.86. The van der Waals surface area contributed by atoms with Gasteiger partial charge in [-0.25, -0.2) is 13.2 Å². The summed E-state index contributed by atoms with van der Waals surface area (Å²) >= 11 is 0. The van der Waals surface area contributed by atoms with E-state index in [1.54, 1.807) is 12.1 Å². The fraction of sp³-hybridized carbons (Fsp3) is 0.529. The number of nitrogens with one attached hydrogen (secondary N) is 2. The summed E-state index contributed by atoms with van der Waals surface area (Å²) in [6.45, 7) is 0.786. The van der Waals surface area contributed by atoms with Gasteiger partial charge in [-0.05, 0) is 43.9 Å². The van der Waals surface area contributed by atoms with Crippen LogP contribution in [0.1, 0.15) is 36.0 Å². The summed E-state index contributed by atoms with van der Waals surface area (Å²) < 4.78 is 32.8.